The van der Waals surface area contributed by atoms with Gasteiger partial charge in [-0.3, -0.25) is 4.79 Å². The normalized spacial score (nSPS) is 12.0. The van der Waals surface area contributed by atoms with E-state index in [2.05, 4.69) is 11.4 Å². The number of hydrogen-bond donors (Lipinski definition) is 1. The van der Waals surface area contributed by atoms with Crippen LogP contribution in [0.25, 0.3) is 21.5 Å². The van der Waals surface area contributed by atoms with Gasteiger partial charge in [0.2, 0.25) is 0 Å². The number of carbonyl (C=O) groups is 1. The number of carbonyl (C=O) groups excluding carboxylic acids is 1. The highest BCUT2D eigenvalue weighted by molar-refractivity contribution is 6.05. The maximum atomic E-state index is 13.6. The summed E-state index contributed by atoms with van der Waals surface area (Å²) in [4.78, 5) is 13.6. The van der Waals surface area contributed by atoms with Gasteiger partial charge < -0.3 is 5.32 Å². The number of anilines is 1. The third kappa shape index (κ3) is 3.90. The van der Waals surface area contributed by atoms with Crippen molar-refractivity contribution in [2.75, 3.05) is 5.32 Å². The summed E-state index contributed by atoms with van der Waals surface area (Å²) in [6.07, 6.45) is 0. The van der Waals surface area contributed by atoms with E-state index in [0.29, 0.717) is 11.1 Å². The summed E-state index contributed by atoms with van der Waals surface area (Å²) in [5, 5.41) is 7.69. The Balaban J connectivity index is 1.55. The molecule has 0 heterocycles. The van der Waals surface area contributed by atoms with Gasteiger partial charge in [0.05, 0.1) is 0 Å². The van der Waals surface area contributed by atoms with Crippen LogP contribution in [0.5, 0.6) is 0 Å². The molecule has 2 nitrogen and oxygen atoms in total. The smallest absolute Gasteiger partial charge is 0.189 e. The fraction of sp³-hybridized carbons (Fsp3) is 0.0357. The molecule has 0 amide bonds. The Kier molecular flexibility index (Phi) is 4.93. The summed E-state index contributed by atoms with van der Waals surface area (Å²) < 4.78 is 13.5. The Morgan fingerprint density at radius 1 is 0.645 bits per heavy atom. The summed E-state index contributed by atoms with van der Waals surface area (Å²) in [6, 6.07) is 33.2. The van der Waals surface area contributed by atoms with E-state index in [0.717, 1.165) is 27.2 Å². The van der Waals surface area contributed by atoms with Gasteiger partial charge in [0.1, 0.15) is 11.9 Å². The minimum absolute atomic E-state index is 0.0643. The zero-order valence-electron chi connectivity index (χ0n) is 16.8. The molecule has 0 fully saturated rings. The van der Waals surface area contributed by atoms with E-state index in [4.69, 9.17) is 0 Å². The lowest BCUT2D eigenvalue weighted by atomic mass is 9.95. The van der Waals surface area contributed by atoms with E-state index < -0.39 is 6.04 Å². The van der Waals surface area contributed by atoms with Crippen molar-refractivity contribution in [2.24, 2.45) is 0 Å². The Morgan fingerprint density at radius 2 is 1.23 bits per heavy atom. The number of hydrogen-bond acceptors (Lipinski definition) is 2. The van der Waals surface area contributed by atoms with E-state index >= 15 is 0 Å². The van der Waals surface area contributed by atoms with Crippen LogP contribution in [0.3, 0.4) is 0 Å². The molecule has 5 rings (SSSR count). The Labute approximate surface area is 180 Å². The third-order valence-electron chi connectivity index (χ3n) is 5.56. The van der Waals surface area contributed by atoms with Crippen LogP contribution in [0.4, 0.5) is 10.1 Å². The molecule has 0 bridgehead atoms. The largest absolute Gasteiger partial charge is 0.371 e. The van der Waals surface area contributed by atoms with Crippen molar-refractivity contribution in [2.45, 2.75) is 6.04 Å². The van der Waals surface area contributed by atoms with Crippen molar-refractivity contribution in [3.05, 3.63) is 126 Å². The lowest BCUT2D eigenvalue weighted by Crippen LogP contribution is -2.21. The highest BCUT2D eigenvalue weighted by Gasteiger charge is 2.22. The minimum Gasteiger partial charge on any atom is -0.371 e. The fourth-order valence-corrected chi connectivity index (χ4v) is 3.91. The predicted octanol–water partition coefficient (Wildman–Crippen LogP) is 7.17. The first-order chi connectivity index (χ1) is 15.2. The molecule has 0 aliphatic heterocycles. The summed E-state index contributed by atoms with van der Waals surface area (Å²) in [5.41, 5.74) is 2.16. The lowest BCUT2D eigenvalue weighted by Gasteiger charge is -2.20. The van der Waals surface area contributed by atoms with Crippen molar-refractivity contribution < 1.29 is 9.18 Å². The standard InChI is InChI=1S/C28H20FNO/c29-25-14-11-21(12-15-25)27(30-26-16-13-20-6-2-4-8-23(20)18-26)28(31)24-10-9-19-5-1-3-7-22(19)17-24/h1-18,27,30H/t27-/m0/s1. The SMILES string of the molecule is O=C(c1ccc2ccccc2c1)[C@@H](Nc1ccc2ccccc2c1)c1ccc(F)cc1. The molecule has 5 aromatic carbocycles. The first-order valence-electron chi connectivity index (χ1n) is 10.2. The van der Waals surface area contributed by atoms with Crippen LogP contribution in [0, 0.1) is 5.82 Å². The van der Waals surface area contributed by atoms with Gasteiger partial charge in [0.15, 0.2) is 5.78 Å². The van der Waals surface area contributed by atoms with E-state index in [1.807, 2.05) is 78.9 Å². The number of fused-ring (bicyclic) bond motifs is 2. The van der Waals surface area contributed by atoms with Gasteiger partial charge in [-0.25, -0.2) is 4.39 Å². The van der Waals surface area contributed by atoms with Crippen LogP contribution < -0.4 is 5.32 Å². The molecule has 0 saturated heterocycles. The van der Waals surface area contributed by atoms with Crippen molar-refractivity contribution >= 4 is 33.0 Å². The molecule has 0 aromatic heterocycles. The first-order valence-corrected chi connectivity index (χ1v) is 10.2. The average molecular weight is 405 g/mol. The summed E-state index contributed by atoms with van der Waals surface area (Å²) in [7, 11) is 0. The van der Waals surface area contributed by atoms with E-state index in [1.165, 1.54) is 12.1 Å². The maximum absolute atomic E-state index is 13.6. The molecule has 0 unspecified atom stereocenters. The number of Topliss-reactive ketones (excluding diaryl/α,β-unsaturated/α-hetero) is 1. The molecule has 0 aliphatic carbocycles. The average Bonchev–Trinajstić information content (AvgIpc) is 2.82. The molecule has 0 radical (unpaired) electrons. The van der Waals surface area contributed by atoms with Crippen molar-refractivity contribution in [1.82, 2.24) is 0 Å². The Bertz CT molecular complexity index is 1390. The predicted molar refractivity (Wildman–Crippen MR) is 125 cm³/mol. The molecular weight excluding hydrogens is 385 g/mol. The first kappa shape index (κ1) is 19.0. The van der Waals surface area contributed by atoms with Crippen LogP contribution in [0.15, 0.2) is 109 Å². The summed E-state index contributed by atoms with van der Waals surface area (Å²) in [5.74, 6) is -0.392. The van der Waals surface area contributed by atoms with Crippen LogP contribution in [-0.2, 0) is 0 Å². The molecule has 0 saturated carbocycles. The molecule has 3 heteroatoms. The second-order valence-electron chi connectivity index (χ2n) is 7.62. The van der Waals surface area contributed by atoms with Gasteiger partial charge in [-0.15, -0.1) is 0 Å². The maximum Gasteiger partial charge on any atom is 0.189 e. The van der Waals surface area contributed by atoms with Gasteiger partial charge in [-0.2, -0.15) is 0 Å². The number of nitrogens with one attached hydrogen (secondary N) is 1. The summed E-state index contributed by atoms with van der Waals surface area (Å²) >= 11 is 0. The molecule has 0 spiro atoms. The molecule has 1 N–H and O–H groups in total. The van der Waals surface area contributed by atoms with Gasteiger partial charge in [-0.05, 0) is 57.4 Å². The van der Waals surface area contributed by atoms with E-state index in [-0.39, 0.29) is 11.6 Å². The number of ketones is 1. The van der Waals surface area contributed by atoms with Gasteiger partial charge in [0, 0.05) is 11.3 Å². The highest BCUT2D eigenvalue weighted by Crippen LogP contribution is 2.28. The minimum atomic E-state index is -0.636. The van der Waals surface area contributed by atoms with Gasteiger partial charge >= 0.3 is 0 Å². The van der Waals surface area contributed by atoms with Crippen LogP contribution in [0.2, 0.25) is 0 Å². The Hall–Kier alpha value is -3.98. The molecule has 31 heavy (non-hydrogen) atoms. The zero-order valence-corrected chi connectivity index (χ0v) is 16.8. The number of benzene rings is 5. The molecule has 150 valence electrons. The quantitative estimate of drug-likeness (QED) is 0.314. The summed E-state index contributed by atoms with van der Waals surface area (Å²) in [6.45, 7) is 0. The zero-order chi connectivity index (χ0) is 21.2. The van der Waals surface area contributed by atoms with Gasteiger partial charge in [-0.1, -0.05) is 78.9 Å². The van der Waals surface area contributed by atoms with Gasteiger partial charge in [0.25, 0.3) is 0 Å². The fourth-order valence-electron chi connectivity index (χ4n) is 3.91. The van der Waals surface area contributed by atoms with Crippen molar-refractivity contribution in [3.63, 3.8) is 0 Å². The molecule has 5 aromatic rings. The third-order valence-corrected chi connectivity index (χ3v) is 5.56. The van der Waals surface area contributed by atoms with E-state index in [9.17, 15) is 9.18 Å². The molecule has 0 aliphatic rings. The second kappa shape index (κ2) is 8.04. The number of rotatable bonds is 5. The lowest BCUT2D eigenvalue weighted by molar-refractivity contribution is 0.0969. The van der Waals surface area contributed by atoms with E-state index in [1.54, 1.807) is 12.1 Å². The van der Waals surface area contributed by atoms with Crippen LogP contribution >= 0.6 is 0 Å². The number of halogens is 1. The molecule has 1 atom stereocenters. The Morgan fingerprint density at radius 3 is 1.90 bits per heavy atom. The highest BCUT2D eigenvalue weighted by atomic mass is 19.1. The second-order valence-corrected chi connectivity index (χ2v) is 7.62. The topological polar surface area (TPSA) is 29.1 Å². The van der Waals surface area contributed by atoms with Crippen LogP contribution in [0.1, 0.15) is 22.0 Å². The monoisotopic (exact) mass is 405 g/mol. The molecular formula is C28H20FNO. The van der Waals surface area contributed by atoms with Crippen molar-refractivity contribution in [1.29, 1.82) is 0 Å². The van der Waals surface area contributed by atoms with Crippen LogP contribution in [-0.4, -0.2) is 5.78 Å². The van der Waals surface area contributed by atoms with Crippen molar-refractivity contribution in [3.8, 4) is 0 Å².